The van der Waals surface area contributed by atoms with E-state index in [2.05, 4.69) is 5.32 Å². The zero-order valence-electron chi connectivity index (χ0n) is 14.8. The van der Waals surface area contributed by atoms with Crippen molar-refractivity contribution in [2.24, 2.45) is 0 Å². The summed E-state index contributed by atoms with van der Waals surface area (Å²) in [5, 5.41) is 2.27. The van der Waals surface area contributed by atoms with Crippen molar-refractivity contribution in [2.75, 3.05) is 18.8 Å². The Balaban J connectivity index is 1.49. The predicted octanol–water partition coefficient (Wildman–Crippen LogP) is 3.77. The van der Waals surface area contributed by atoms with Crippen LogP contribution in [0.15, 0.2) is 64.4 Å². The average molecular weight is 416 g/mol. The van der Waals surface area contributed by atoms with Gasteiger partial charge in [0, 0.05) is 23.5 Å². The van der Waals surface area contributed by atoms with E-state index in [1.54, 1.807) is 12.1 Å². The van der Waals surface area contributed by atoms with Crippen molar-refractivity contribution < 1.29 is 18.8 Å². The van der Waals surface area contributed by atoms with Crippen LogP contribution in [0.3, 0.4) is 0 Å². The van der Waals surface area contributed by atoms with Crippen LogP contribution in [-0.2, 0) is 9.59 Å². The van der Waals surface area contributed by atoms with Gasteiger partial charge in [-0.2, -0.15) is 0 Å². The minimum Gasteiger partial charge on any atom is -0.354 e. The molecule has 0 radical (unpaired) electrons. The van der Waals surface area contributed by atoms with E-state index in [-0.39, 0.29) is 35.2 Å². The Morgan fingerprint density at radius 2 is 1.82 bits per heavy atom. The molecule has 0 spiro atoms. The molecule has 1 fully saturated rings. The van der Waals surface area contributed by atoms with Crippen molar-refractivity contribution in [3.05, 3.63) is 70.9 Å². The van der Waals surface area contributed by atoms with E-state index in [4.69, 9.17) is 0 Å². The van der Waals surface area contributed by atoms with Gasteiger partial charge >= 0.3 is 0 Å². The summed E-state index contributed by atoms with van der Waals surface area (Å²) in [5.41, 5.74) is 0.249. The second kappa shape index (κ2) is 9.57. The number of halogens is 1. The third kappa shape index (κ3) is 5.24. The van der Waals surface area contributed by atoms with Crippen molar-refractivity contribution in [2.45, 2.75) is 4.90 Å². The summed E-state index contributed by atoms with van der Waals surface area (Å²) in [7, 11) is 0. The zero-order chi connectivity index (χ0) is 19.9. The maximum absolute atomic E-state index is 13.7. The van der Waals surface area contributed by atoms with Gasteiger partial charge in [-0.05, 0) is 36.0 Å². The van der Waals surface area contributed by atoms with Crippen LogP contribution >= 0.6 is 23.5 Å². The molecule has 0 bridgehead atoms. The molecule has 8 heteroatoms. The summed E-state index contributed by atoms with van der Waals surface area (Å²) >= 11 is 2.17. The van der Waals surface area contributed by atoms with Gasteiger partial charge in [-0.1, -0.05) is 36.4 Å². The van der Waals surface area contributed by atoms with Crippen molar-refractivity contribution in [3.63, 3.8) is 0 Å². The molecule has 0 saturated carbocycles. The number of imide groups is 1. The highest BCUT2D eigenvalue weighted by Crippen LogP contribution is 2.32. The Bertz CT molecular complexity index is 919. The van der Waals surface area contributed by atoms with E-state index in [0.29, 0.717) is 0 Å². The molecule has 1 aliphatic heterocycles. The van der Waals surface area contributed by atoms with Crippen molar-refractivity contribution in [1.29, 1.82) is 0 Å². The number of hydrogen-bond acceptors (Lipinski definition) is 5. The van der Waals surface area contributed by atoms with Crippen LogP contribution in [0, 0.1) is 5.82 Å². The van der Waals surface area contributed by atoms with Gasteiger partial charge in [-0.25, -0.2) is 4.39 Å². The molecule has 144 valence electrons. The minimum absolute atomic E-state index is 0.0705. The molecule has 5 nitrogen and oxygen atoms in total. The Kier molecular flexibility index (Phi) is 6.89. The molecular formula is C20H17FN2O3S2. The second-order valence-electron chi connectivity index (χ2n) is 5.81. The maximum atomic E-state index is 13.7. The number of amides is 3. The molecule has 0 unspecified atom stereocenters. The van der Waals surface area contributed by atoms with E-state index in [9.17, 15) is 18.8 Å². The topological polar surface area (TPSA) is 66.5 Å². The molecule has 1 heterocycles. The van der Waals surface area contributed by atoms with E-state index < -0.39 is 17.0 Å². The molecule has 28 heavy (non-hydrogen) atoms. The molecular weight excluding hydrogens is 399 g/mol. The number of hydrogen-bond donors (Lipinski definition) is 1. The fourth-order valence-electron chi connectivity index (χ4n) is 2.45. The Hall–Kier alpha value is -2.58. The molecule has 1 aliphatic rings. The van der Waals surface area contributed by atoms with Crippen LogP contribution < -0.4 is 5.32 Å². The Morgan fingerprint density at radius 1 is 1.11 bits per heavy atom. The van der Waals surface area contributed by atoms with Gasteiger partial charge in [0.25, 0.3) is 11.1 Å². The molecule has 0 aromatic heterocycles. The lowest BCUT2D eigenvalue weighted by Crippen LogP contribution is -2.37. The number of rotatable bonds is 7. The number of nitrogens with zero attached hydrogens (tertiary/aromatic N) is 1. The quantitative estimate of drug-likeness (QED) is 0.550. The fourth-order valence-corrected chi connectivity index (χ4v) is 4.06. The first-order chi connectivity index (χ1) is 13.5. The fraction of sp³-hybridized carbons (Fsp3) is 0.150. The van der Waals surface area contributed by atoms with Crippen LogP contribution in [0.4, 0.5) is 9.18 Å². The van der Waals surface area contributed by atoms with Gasteiger partial charge in [-0.3, -0.25) is 19.3 Å². The number of nitrogens with one attached hydrogen (secondary N) is 1. The minimum atomic E-state index is -0.480. The van der Waals surface area contributed by atoms with Crippen LogP contribution in [0.2, 0.25) is 0 Å². The summed E-state index contributed by atoms with van der Waals surface area (Å²) in [4.78, 5) is 38.6. The van der Waals surface area contributed by atoms with Gasteiger partial charge in [0.1, 0.15) is 5.82 Å². The largest absolute Gasteiger partial charge is 0.354 e. The lowest BCUT2D eigenvalue weighted by Gasteiger charge is -2.13. The van der Waals surface area contributed by atoms with Crippen LogP contribution in [0.25, 0.3) is 6.08 Å². The normalized spacial score (nSPS) is 15.3. The van der Waals surface area contributed by atoms with E-state index in [1.165, 1.54) is 30.0 Å². The van der Waals surface area contributed by atoms with Gasteiger partial charge in [0.05, 0.1) is 10.7 Å². The van der Waals surface area contributed by atoms with E-state index in [1.807, 2.05) is 30.3 Å². The van der Waals surface area contributed by atoms with Crippen molar-refractivity contribution in [1.82, 2.24) is 10.2 Å². The third-order valence-corrected chi connectivity index (χ3v) is 5.76. The molecule has 2 aromatic rings. The van der Waals surface area contributed by atoms with Crippen LogP contribution in [-0.4, -0.2) is 40.8 Å². The van der Waals surface area contributed by atoms with Gasteiger partial charge in [0.2, 0.25) is 5.91 Å². The summed E-state index contributed by atoms with van der Waals surface area (Å²) in [6.45, 7) is 0.236. The Labute approximate surface area is 170 Å². The summed E-state index contributed by atoms with van der Waals surface area (Å²) < 4.78 is 13.7. The molecule has 1 saturated heterocycles. The number of carbonyl (C=O) groups is 3. The predicted molar refractivity (Wildman–Crippen MR) is 109 cm³/mol. The highest BCUT2D eigenvalue weighted by Gasteiger charge is 2.34. The first-order valence-electron chi connectivity index (χ1n) is 8.49. The number of benzene rings is 2. The molecule has 3 amide bonds. The summed E-state index contributed by atoms with van der Waals surface area (Å²) in [5.74, 6) is -0.870. The van der Waals surface area contributed by atoms with Gasteiger partial charge in [-0.15, -0.1) is 11.8 Å². The third-order valence-electron chi connectivity index (χ3n) is 3.84. The molecule has 0 aliphatic carbocycles. The highest BCUT2D eigenvalue weighted by molar-refractivity contribution is 8.18. The Morgan fingerprint density at radius 3 is 2.57 bits per heavy atom. The smallest absolute Gasteiger partial charge is 0.293 e. The van der Waals surface area contributed by atoms with Crippen molar-refractivity contribution >= 4 is 46.7 Å². The van der Waals surface area contributed by atoms with Crippen LogP contribution in [0.1, 0.15) is 5.56 Å². The zero-order valence-corrected chi connectivity index (χ0v) is 16.4. The van der Waals surface area contributed by atoms with Crippen molar-refractivity contribution in [3.8, 4) is 0 Å². The monoisotopic (exact) mass is 416 g/mol. The van der Waals surface area contributed by atoms with Gasteiger partial charge < -0.3 is 5.32 Å². The second-order valence-corrected chi connectivity index (χ2v) is 7.85. The maximum Gasteiger partial charge on any atom is 0.293 e. The first kappa shape index (κ1) is 20.2. The van der Waals surface area contributed by atoms with Crippen LogP contribution in [0.5, 0.6) is 0 Å². The summed E-state index contributed by atoms with van der Waals surface area (Å²) in [6.07, 6.45) is 1.37. The number of thioether (sulfide) groups is 2. The molecule has 3 rings (SSSR count). The lowest BCUT2D eigenvalue weighted by atomic mass is 10.2. The van der Waals surface area contributed by atoms with Gasteiger partial charge in [0.15, 0.2) is 0 Å². The summed E-state index contributed by atoms with van der Waals surface area (Å²) in [6, 6.07) is 15.6. The standard InChI is InChI=1S/C20H17FN2O3S2/c21-16-9-5-4-6-14(16)12-17-19(25)23(20(26)28-17)11-10-22-18(24)13-27-15-7-2-1-3-8-15/h1-9,12H,10-11,13H2,(H,22,24)/b17-12-. The molecule has 2 aromatic carbocycles. The molecule has 0 atom stereocenters. The number of carbonyl (C=O) groups excluding carboxylic acids is 3. The van der Waals surface area contributed by atoms with E-state index >= 15 is 0 Å². The lowest BCUT2D eigenvalue weighted by molar-refractivity contribution is -0.123. The van der Waals surface area contributed by atoms with E-state index in [0.717, 1.165) is 21.6 Å². The molecule has 1 N–H and O–H groups in total. The average Bonchev–Trinajstić information content (AvgIpc) is 2.96. The first-order valence-corrected chi connectivity index (χ1v) is 10.3. The highest BCUT2D eigenvalue weighted by atomic mass is 32.2. The SMILES string of the molecule is O=C(CSc1ccccc1)NCCN1C(=O)S/C(=C\c2ccccc2F)C1=O.